The molecule has 0 radical (unpaired) electrons. The Morgan fingerprint density at radius 3 is 2.21 bits per heavy atom. The Labute approximate surface area is 112 Å². The van der Waals surface area contributed by atoms with E-state index in [-0.39, 0.29) is 5.91 Å². The third-order valence-electron chi connectivity index (χ3n) is 2.94. The second-order valence-electron chi connectivity index (χ2n) is 4.42. The van der Waals surface area contributed by atoms with Crippen LogP contribution in [0.5, 0.6) is 5.75 Å². The van der Waals surface area contributed by atoms with Crippen molar-refractivity contribution in [1.29, 1.82) is 0 Å². The summed E-state index contributed by atoms with van der Waals surface area (Å²) < 4.78 is 5.23. The van der Waals surface area contributed by atoms with E-state index in [1.807, 2.05) is 13.8 Å². The fraction of sp³-hybridized carbons (Fsp3) is 0.429. The molecule has 1 atom stereocenters. The van der Waals surface area contributed by atoms with Gasteiger partial charge in [-0.1, -0.05) is 6.92 Å². The number of aryl methyl sites for hydroxylation is 2. The van der Waals surface area contributed by atoms with Crippen LogP contribution in [0.4, 0.5) is 0 Å². The quantitative estimate of drug-likeness (QED) is 0.852. The molecule has 1 rings (SSSR count). The molecule has 0 bridgehead atoms. The molecule has 0 aliphatic heterocycles. The van der Waals surface area contributed by atoms with Crippen LogP contribution < -0.4 is 10.1 Å². The highest BCUT2D eigenvalue weighted by molar-refractivity contribution is 5.97. The summed E-state index contributed by atoms with van der Waals surface area (Å²) in [7, 11) is 1.58. The van der Waals surface area contributed by atoms with Gasteiger partial charge in [0.25, 0.3) is 5.91 Å². The average molecular weight is 265 g/mol. The third-order valence-corrected chi connectivity index (χ3v) is 2.94. The lowest BCUT2D eigenvalue weighted by Crippen LogP contribution is -2.40. The largest absolute Gasteiger partial charge is 0.496 e. The van der Waals surface area contributed by atoms with Gasteiger partial charge >= 0.3 is 5.97 Å². The number of carbonyl (C=O) groups is 2. The molecule has 0 fully saturated rings. The number of nitrogens with one attached hydrogen (secondary N) is 1. The summed E-state index contributed by atoms with van der Waals surface area (Å²) in [5.41, 5.74) is 2.13. The van der Waals surface area contributed by atoms with Crippen molar-refractivity contribution in [3.05, 3.63) is 28.8 Å². The number of carboxylic acid groups (broad SMARTS) is 1. The van der Waals surface area contributed by atoms with Gasteiger partial charge < -0.3 is 15.2 Å². The van der Waals surface area contributed by atoms with Gasteiger partial charge in [-0.15, -0.1) is 0 Å². The molecule has 2 N–H and O–H groups in total. The van der Waals surface area contributed by atoms with Crippen molar-refractivity contribution in [1.82, 2.24) is 5.32 Å². The highest BCUT2D eigenvalue weighted by atomic mass is 16.5. The summed E-state index contributed by atoms with van der Waals surface area (Å²) in [5, 5.41) is 11.4. The molecule has 0 aliphatic carbocycles. The highest BCUT2D eigenvalue weighted by Crippen LogP contribution is 2.24. The molecule has 5 nitrogen and oxygen atoms in total. The van der Waals surface area contributed by atoms with Gasteiger partial charge in [-0.25, -0.2) is 4.79 Å². The summed E-state index contributed by atoms with van der Waals surface area (Å²) in [5.74, 6) is -0.678. The molecule has 0 spiro atoms. The monoisotopic (exact) mass is 265 g/mol. The van der Waals surface area contributed by atoms with Gasteiger partial charge in [0.1, 0.15) is 11.8 Å². The topological polar surface area (TPSA) is 75.6 Å². The predicted molar refractivity (Wildman–Crippen MR) is 71.6 cm³/mol. The fourth-order valence-corrected chi connectivity index (χ4v) is 1.98. The Morgan fingerprint density at radius 2 is 1.84 bits per heavy atom. The molecule has 0 aromatic heterocycles. The lowest BCUT2D eigenvalue weighted by molar-refractivity contribution is -0.139. The van der Waals surface area contributed by atoms with Crippen LogP contribution in [0.25, 0.3) is 0 Å². The molecule has 1 aromatic carbocycles. The van der Waals surface area contributed by atoms with Crippen LogP contribution in [0, 0.1) is 13.8 Å². The number of methoxy groups -OCH3 is 1. The van der Waals surface area contributed by atoms with E-state index < -0.39 is 12.0 Å². The van der Waals surface area contributed by atoms with Crippen LogP contribution in [-0.4, -0.2) is 30.1 Å². The zero-order chi connectivity index (χ0) is 14.6. The van der Waals surface area contributed by atoms with Gasteiger partial charge in [0.05, 0.1) is 7.11 Å². The Bertz CT molecular complexity index is 473. The van der Waals surface area contributed by atoms with Gasteiger partial charge in [-0.3, -0.25) is 4.79 Å². The molecule has 1 amide bonds. The number of ether oxygens (including phenoxy) is 1. The predicted octanol–water partition coefficient (Wildman–Crippen LogP) is 1.91. The maximum Gasteiger partial charge on any atom is 0.326 e. The number of carboxylic acids is 1. The van der Waals surface area contributed by atoms with Crippen LogP contribution >= 0.6 is 0 Å². The molecule has 5 heteroatoms. The molecule has 0 aliphatic rings. The average Bonchev–Trinajstić information content (AvgIpc) is 2.34. The maximum absolute atomic E-state index is 12.0. The summed E-state index contributed by atoms with van der Waals surface area (Å²) in [6.45, 7) is 5.40. The van der Waals surface area contributed by atoms with E-state index in [1.165, 1.54) is 0 Å². The molecule has 0 saturated heterocycles. The number of aliphatic carboxylic acids is 1. The summed E-state index contributed by atoms with van der Waals surface area (Å²) >= 11 is 0. The first-order valence-corrected chi connectivity index (χ1v) is 6.09. The minimum Gasteiger partial charge on any atom is -0.496 e. The highest BCUT2D eigenvalue weighted by Gasteiger charge is 2.19. The number of carbonyl (C=O) groups excluding carboxylic acids is 1. The van der Waals surface area contributed by atoms with E-state index >= 15 is 0 Å². The van der Waals surface area contributed by atoms with Crippen molar-refractivity contribution in [2.45, 2.75) is 33.2 Å². The van der Waals surface area contributed by atoms with Crippen molar-refractivity contribution in [3.63, 3.8) is 0 Å². The minimum absolute atomic E-state index is 0.342. The Morgan fingerprint density at radius 1 is 1.32 bits per heavy atom. The zero-order valence-corrected chi connectivity index (χ0v) is 11.6. The number of benzene rings is 1. The van der Waals surface area contributed by atoms with Crippen LogP contribution in [0.1, 0.15) is 34.8 Å². The van der Waals surface area contributed by atoms with Crippen LogP contribution in [0.15, 0.2) is 12.1 Å². The van der Waals surface area contributed by atoms with Gasteiger partial charge in [0, 0.05) is 5.56 Å². The molecule has 1 aromatic rings. The minimum atomic E-state index is -1.03. The van der Waals surface area contributed by atoms with Gasteiger partial charge in [0.15, 0.2) is 0 Å². The molecule has 1 unspecified atom stereocenters. The Kier molecular flexibility index (Phi) is 4.92. The molecular weight excluding hydrogens is 246 g/mol. The van der Waals surface area contributed by atoms with Crippen molar-refractivity contribution in [3.8, 4) is 5.75 Å². The molecular formula is C14H19NO4. The first-order chi connectivity index (χ1) is 8.90. The second-order valence-corrected chi connectivity index (χ2v) is 4.42. The number of rotatable bonds is 5. The number of amides is 1. The fourth-order valence-electron chi connectivity index (χ4n) is 1.98. The van der Waals surface area contributed by atoms with Gasteiger partial charge in [-0.05, 0) is 43.5 Å². The van der Waals surface area contributed by atoms with E-state index in [0.717, 1.165) is 16.9 Å². The lowest BCUT2D eigenvalue weighted by Gasteiger charge is -2.14. The van der Waals surface area contributed by atoms with Gasteiger partial charge in [-0.2, -0.15) is 0 Å². The molecule has 0 saturated carbocycles. The van der Waals surface area contributed by atoms with Crippen molar-refractivity contribution in [2.24, 2.45) is 0 Å². The number of hydrogen-bond donors (Lipinski definition) is 2. The van der Waals surface area contributed by atoms with E-state index in [2.05, 4.69) is 5.32 Å². The van der Waals surface area contributed by atoms with Crippen LogP contribution in [-0.2, 0) is 4.79 Å². The van der Waals surface area contributed by atoms with Crippen LogP contribution in [0.2, 0.25) is 0 Å². The second kappa shape index (κ2) is 6.22. The zero-order valence-electron chi connectivity index (χ0n) is 11.6. The molecule has 19 heavy (non-hydrogen) atoms. The standard InChI is InChI=1S/C14H19NO4/c1-5-11(14(17)18)15-13(16)10-6-8(2)12(19-4)9(3)7-10/h6-7,11H,5H2,1-4H3,(H,15,16)(H,17,18). The SMILES string of the molecule is CCC(NC(=O)c1cc(C)c(OC)c(C)c1)C(=O)O. The van der Waals surface area contributed by atoms with Crippen LogP contribution in [0.3, 0.4) is 0 Å². The van der Waals surface area contributed by atoms with Gasteiger partial charge in [0.2, 0.25) is 0 Å². The van der Waals surface area contributed by atoms with E-state index in [0.29, 0.717) is 12.0 Å². The van der Waals surface area contributed by atoms with E-state index in [4.69, 9.17) is 9.84 Å². The van der Waals surface area contributed by atoms with E-state index in [9.17, 15) is 9.59 Å². The number of hydrogen-bond acceptors (Lipinski definition) is 3. The summed E-state index contributed by atoms with van der Waals surface area (Å²) in [4.78, 5) is 22.9. The maximum atomic E-state index is 12.0. The Hall–Kier alpha value is -2.04. The smallest absolute Gasteiger partial charge is 0.326 e. The molecule has 104 valence electrons. The first kappa shape index (κ1) is 15.0. The van der Waals surface area contributed by atoms with Crippen molar-refractivity contribution in [2.75, 3.05) is 7.11 Å². The molecule has 0 heterocycles. The first-order valence-electron chi connectivity index (χ1n) is 6.09. The van der Waals surface area contributed by atoms with Crippen molar-refractivity contribution >= 4 is 11.9 Å². The normalized spacial score (nSPS) is 11.8. The Balaban J connectivity index is 2.98. The third kappa shape index (κ3) is 3.47. The lowest BCUT2D eigenvalue weighted by atomic mass is 10.0. The summed E-state index contributed by atoms with van der Waals surface area (Å²) in [6, 6.07) is 2.51. The van der Waals surface area contributed by atoms with E-state index in [1.54, 1.807) is 26.2 Å². The summed E-state index contributed by atoms with van der Waals surface area (Å²) in [6.07, 6.45) is 0.342. The van der Waals surface area contributed by atoms with Crippen molar-refractivity contribution < 1.29 is 19.4 Å².